The molecule has 0 radical (unpaired) electrons. The predicted molar refractivity (Wildman–Crippen MR) is 113 cm³/mol. The summed E-state index contributed by atoms with van der Waals surface area (Å²) in [5.74, 6) is 0.694. The first kappa shape index (κ1) is 20.0. The highest BCUT2D eigenvalue weighted by atomic mass is 16.2. The van der Waals surface area contributed by atoms with Crippen LogP contribution in [0.3, 0.4) is 0 Å². The van der Waals surface area contributed by atoms with Crippen molar-refractivity contribution in [2.24, 2.45) is 0 Å². The minimum absolute atomic E-state index is 0.0318. The number of nitrogens with one attached hydrogen (secondary N) is 1. The van der Waals surface area contributed by atoms with Gasteiger partial charge in [-0.15, -0.1) is 10.2 Å². The van der Waals surface area contributed by atoms with Gasteiger partial charge >= 0.3 is 0 Å². The molecule has 2 amide bonds. The molecule has 3 aromatic rings. The Morgan fingerprint density at radius 2 is 1.93 bits per heavy atom. The van der Waals surface area contributed by atoms with E-state index in [-0.39, 0.29) is 24.3 Å². The van der Waals surface area contributed by atoms with Gasteiger partial charge in [-0.3, -0.25) is 18.9 Å². The maximum absolute atomic E-state index is 12.5. The second-order valence-electron chi connectivity index (χ2n) is 7.88. The van der Waals surface area contributed by atoms with Crippen molar-refractivity contribution in [3.05, 3.63) is 65.6 Å². The summed E-state index contributed by atoms with van der Waals surface area (Å²) < 4.78 is 1.90. The molecule has 0 bridgehead atoms. The average molecular weight is 406 g/mol. The Morgan fingerprint density at radius 3 is 2.70 bits per heavy atom. The van der Waals surface area contributed by atoms with Crippen LogP contribution in [0, 0.1) is 0 Å². The maximum Gasteiger partial charge on any atom is 0.253 e. The van der Waals surface area contributed by atoms with Crippen LogP contribution in [-0.4, -0.2) is 69.9 Å². The van der Waals surface area contributed by atoms with Crippen LogP contribution in [0.2, 0.25) is 0 Å². The summed E-state index contributed by atoms with van der Waals surface area (Å²) in [4.78, 5) is 28.1. The number of hydrogen-bond acceptors (Lipinski definition) is 5. The smallest absolute Gasteiger partial charge is 0.253 e. The van der Waals surface area contributed by atoms with Crippen LogP contribution in [0.15, 0.2) is 48.7 Å². The number of likely N-dealkylation sites (tertiary alicyclic amines) is 1. The molecule has 1 fully saturated rings. The first-order valence-electron chi connectivity index (χ1n) is 10.1. The zero-order chi connectivity index (χ0) is 21.1. The molecular formula is C22H26N6O2. The summed E-state index contributed by atoms with van der Waals surface area (Å²) in [5.41, 5.74) is 2.50. The van der Waals surface area contributed by atoms with Crippen LogP contribution in [-0.2, 0) is 11.3 Å². The molecule has 0 aliphatic carbocycles. The van der Waals surface area contributed by atoms with Crippen LogP contribution >= 0.6 is 0 Å². The summed E-state index contributed by atoms with van der Waals surface area (Å²) in [5, 5.41) is 11.4. The monoisotopic (exact) mass is 406 g/mol. The lowest BCUT2D eigenvalue weighted by Gasteiger charge is -2.15. The summed E-state index contributed by atoms with van der Waals surface area (Å²) in [7, 11) is 3.32. The van der Waals surface area contributed by atoms with E-state index in [1.165, 1.54) is 10.5 Å². The molecule has 3 heterocycles. The van der Waals surface area contributed by atoms with E-state index in [1.807, 2.05) is 10.5 Å². The van der Waals surface area contributed by atoms with E-state index in [0.717, 1.165) is 31.9 Å². The number of likely N-dealkylation sites (N-methyl/N-ethyl adjacent to an activating group) is 1. The number of fused-ring (bicyclic) bond motifs is 1. The normalized spacial score (nSPS) is 16.7. The summed E-state index contributed by atoms with van der Waals surface area (Å²) in [6.45, 7) is 2.79. The Labute approximate surface area is 175 Å². The molecule has 2 aromatic heterocycles. The molecule has 0 unspecified atom stereocenters. The van der Waals surface area contributed by atoms with Gasteiger partial charge in [0.05, 0.1) is 12.1 Å². The van der Waals surface area contributed by atoms with Gasteiger partial charge in [0.25, 0.3) is 5.91 Å². The van der Waals surface area contributed by atoms with Crippen LogP contribution in [0.1, 0.15) is 34.1 Å². The van der Waals surface area contributed by atoms with E-state index in [9.17, 15) is 9.59 Å². The molecule has 156 valence electrons. The van der Waals surface area contributed by atoms with Crippen molar-refractivity contribution in [1.82, 2.24) is 29.7 Å². The summed E-state index contributed by atoms with van der Waals surface area (Å²) >= 11 is 0. The van der Waals surface area contributed by atoms with Gasteiger partial charge in [0.15, 0.2) is 5.65 Å². The third kappa shape index (κ3) is 4.33. The van der Waals surface area contributed by atoms with Crippen molar-refractivity contribution in [2.75, 3.05) is 33.7 Å². The highest BCUT2D eigenvalue weighted by Gasteiger charge is 2.28. The Hall–Kier alpha value is -3.26. The second-order valence-corrected chi connectivity index (χ2v) is 7.88. The minimum Gasteiger partial charge on any atom is -0.347 e. The highest BCUT2D eigenvalue weighted by Crippen LogP contribution is 2.27. The number of rotatable bonds is 6. The van der Waals surface area contributed by atoms with Gasteiger partial charge in [0.2, 0.25) is 5.91 Å². The fourth-order valence-corrected chi connectivity index (χ4v) is 3.77. The van der Waals surface area contributed by atoms with E-state index in [1.54, 1.807) is 32.4 Å². The zero-order valence-electron chi connectivity index (χ0n) is 17.3. The first-order valence-corrected chi connectivity index (χ1v) is 10.1. The molecule has 8 nitrogen and oxygen atoms in total. The third-order valence-corrected chi connectivity index (χ3v) is 5.48. The van der Waals surface area contributed by atoms with E-state index >= 15 is 0 Å². The molecule has 0 spiro atoms. The van der Waals surface area contributed by atoms with E-state index in [4.69, 9.17) is 0 Å². The second kappa shape index (κ2) is 8.62. The van der Waals surface area contributed by atoms with Crippen molar-refractivity contribution in [3.63, 3.8) is 0 Å². The molecule has 1 saturated heterocycles. The summed E-state index contributed by atoms with van der Waals surface area (Å²) in [6, 6.07) is 13.9. The van der Waals surface area contributed by atoms with Gasteiger partial charge in [-0.2, -0.15) is 0 Å². The predicted octanol–water partition coefficient (Wildman–Crippen LogP) is 1.54. The Balaban J connectivity index is 1.47. The standard InChI is InChI=1S/C22H26N6O2/c1-26(2)20(29)12-23-22(30)18-8-9-19-24-25-21(28(19)15-18)17-10-11-27(14-17)13-16-6-4-3-5-7-16/h3-9,15,17H,10-14H2,1-2H3,(H,23,30)/t17-/m0/s1. The maximum atomic E-state index is 12.5. The lowest BCUT2D eigenvalue weighted by Crippen LogP contribution is -2.36. The van der Waals surface area contributed by atoms with Gasteiger partial charge in [-0.05, 0) is 30.7 Å². The molecule has 1 atom stereocenters. The van der Waals surface area contributed by atoms with Gasteiger partial charge < -0.3 is 10.2 Å². The number of carbonyl (C=O) groups excluding carboxylic acids is 2. The van der Waals surface area contributed by atoms with Gasteiger partial charge in [-0.1, -0.05) is 30.3 Å². The molecule has 1 aromatic carbocycles. The molecule has 1 aliphatic rings. The molecule has 8 heteroatoms. The average Bonchev–Trinajstić information content (AvgIpc) is 3.38. The Bertz CT molecular complexity index is 1050. The minimum atomic E-state index is -0.288. The fraction of sp³-hybridized carbons (Fsp3) is 0.364. The van der Waals surface area contributed by atoms with Crippen molar-refractivity contribution >= 4 is 17.5 Å². The van der Waals surface area contributed by atoms with Crippen molar-refractivity contribution in [1.29, 1.82) is 0 Å². The lowest BCUT2D eigenvalue weighted by atomic mass is 10.1. The van der Waals surface area contributed by atoms with Crippen LogP contribution in [0.4, 0.5) is 0 Å². The quantitative estimate of drug-likeness (QED) is 0.671. The number of pyridine rings is 1. The molecular weight excluding hydrogens is 380 g/mol. The van der Waals surface area contributed by atoms with Crippen LogP contribution in [0.5, 0.6) is 0 Å². The number of aromatic nitrogens is 3. The topological polar surface area (TPSA) is 82.8 Å². The largest absolute Gasteiger partial charge is 0.347 e. The van der Waals surface area contributed by atoms with Gasteiger partial charge in [0, 0.05) is 39.3 Å². The van der Waals surface area contributed by atoms with E-state index in [0.29, 0.717) is 11.2 Å². The molecule has 1 N–H and O–H groups in total. The first-order chi connectivity index (χ1) is 14.5. The van der Waals surface area contributed by atoms with E-state index < -0.39 is 0 Å². The Kier molecular flexibility index (Phi) is 5.76. The van der Waals surface area contributed by atoms with Crippen molar-refractivity contribution < 1.29 is 9.59 Å². The van der Waals surface area contributed by atoms with E-state index in [2.05, 4.69) is 44.7 Å². The number of amides is 2. The van der Waals surface area contributed by atoms with Crippen LogP contribution < -0.4 is 5.32 Å². The van der Waals surface area contributed by atoms with Crippen molar-refractivity contribution in [3.8, 4) is 0 Å². The number of benzene rings is 1. The molecule has 30 heavy (non-hydrogen) atoms. The highest BCUT2D eigenvalue weighted by molar-refractivity contribution is 5.96. The fourth-order valence-electron chi connectivity index (χ4n) is 3.77. The van der Waals surface area contributed by atoms with Crippen LogP contribution in [0.25, 0.3) is 5.65 Å². The molecule has 4 rings (SSSR count). The summed E-state index contributed by atoms with van der Waals surface area (Å²) in [6.07, 6.45) is 2.77. The number of carbonyl (C=O) groups is 2. The number of nitrogens with zero attached hydrogens (tertiary/aromatic N) is 5. The zero-order valence-corrected chi connectivity index (χ0v) is 17.3. The lowest BCUT2D eigenvalue weighted by molar-refractivity contribution is -0.127. The Morgan fingerprint density at radius 1 is 1.13 bits per heavy atom. The number of hydrogen-bond donors (Lipinski definition) is 1. The molecule has 0 saturated carbocycles. The SMILES string of the molecule is CN(C)C(=O)CNC(=O)c1ccc2nnc([C@H]3CCN(Cc4ccccc4)C3)n2c1. The van der Waals surface area contributed by atoms with Crippen molar-refractivity contribution in [2.45, 2.75) is 18.9 Å². The molecule has 1 aliphatic heterocycles. The van der Waals surface area contributed by atoms with Gasteiger partial charge in [-0.25, -0.2) is 0 Å². The van der Waals surface area contributed by atoms with Gasteiger partial charge in [0.1, 0.15) is 5.82 Å². The third-order valence-electron chi connectivity index (χ3n) is 5.48.